The first kappa shape index (κ1) is 14.1. The van der Waals surface area contributed by atoms with Gasteiger partial charge in [-0.2, -0.15) is 13.2 Å². The first-order valence-electron chi connectivity index (χ1n) is 6.58. The van der Waals surface area contributed by atoms with E-state index in [2.05, 4.69) is 9.97 Å². The van der Waals surface area contributed by atoms with Crippen LogP contribution in [0.25, 0.3) is 0 Å². The minimum Gasteiger partial charge on any atom is -0.344 e. The Kier molecular flexibility index (Phi) is 4.27. The van der Waals surface area contributed by atoms with Crippen LogP contribution < -0.4 is 4.90 Å². The van der Waals surface area contributed by atoms with Gasteiger partial charge in [0.2, 0.25) is 5.95 Å². The third-order valence-corrected chi connectivity index (χ3v) is 3.53. The molecule has 1 fully saturated rings. The molecule has 106 valence electrons. The van der Waals surface area contributed by atoms with Crippen molar-refractivity contribution in [1.82, 2.24) is 9.97 Å². The highest BCUT2D eigenvalue weighted by Crippen LogP contribution is 2.29. The van der Waals surface area contributed by atoms with Gasteiger partial charge in [-0.1, -0.05) is 19.3 Å². The third kappa shape index (κ3) is 3.81. The highest BCUT2D eigenvalue weighted by Gasteiger charge is 2.33. The molecule has 2 rings (SSSR count). The van der Waals surface area contributed by atoms with E-state index in [9.17, 15) is 13.2 Å². The molecule has 1 saturated carbocycles. The van der Waals surface area contributed by atoms with Crippen LogP contribution in [0, 0.1) is 5.92 Å². The molecule has 0 aliphatic heterocycles. The van der Waals surface area contributed by atoms with E-state index in [1.807, 2.05) is 0 Å². The largest absolute Gasteiger partial charge is 0.433 e. The van der Waals surface area contributed by atoms with Gasteiger partial charge in [-0.3, -0.25) is 0 Å². The van der Waals surface area contributed by atoms with Gasteiger partial charge in [0.15, 0.2) is 0 Å². The smallest absolute Gasteiger partial charge is 0.344 e. The molecule has 1 aromatic heterocycles. The second kappa shape index (κ2) is 5.75. The molecule has 0 saturated heterocycles. The molecule has 1 aliphatic carbocycles. The fourth-order valence-electron chi connectivity index (χ4n) is 2.53. The number of halogens is 3. The normalized spacial score (nSPS) is 17.5. The van der Waals surface area contributed by atoms with E-state index in [1.54, 1.807) is 11.9 Å². The van der Waals surface area contributed by atoms with Crippen LogP contribution in [-0.2, 0) is 6.18 Å². The first-order valence-corrected chi connectivity index (χ1v) is 6.58. The Morgan fingerprint density at radius 3 is 2.58 bits per heavy atom. The van der Waals surface area contributed by atoms with E-state index in [0.717, 1.165) is 25.5 Å². The molecular weight excluding hydrogens is 255 g/mol. The lowest BCUT2D eigenvalue weighted by Gasteiger charge is -2.27. The van der Waals surface area contributed by atoms with Crippen molar-refractivity contribution >= 4 is 5.95 Å². The average Bonchev–Trinajstić information content (AvgIpc) is 2.39. The summed E-state index contributed by atoms with van der Waals surface area (Å²) in [5.41, 5.74) is -0.881. The number of hydrogen-bond acceptors (Lipinski definition) is 3. The standard InChI is InChI=1S/C13H18F3N3/c1-19(9-10-5-3-2-4-6-10)12-17-8-7-11(18-12)13(14,15)16/h7-8,10H,2-6,9H2,1H3. The Hall–Kier alpha value is -1.33. The van der Waals surface area contributed by atoms with E-state index in [-0.39, 0.29) is 5.95 Å². The van der Waals surface area contributed by atoms with Crippen LogP contribution in [0.3, 0.4) is 0 Å². The molecular formula is C13H18F3N3. The molecule has 1 aliphatic rings. The number of hydrogen-bond donors (Lipinski definition) is 0. The maximum atomic E-state index is 12.6. The van der Waals surface area contributed by atoms with Gasteiger partial charge in [0, 0.05) is 19.8 Å². The topological polar surface area (TPSA) is 29.0 Å². The van der Waals surface area contributed by atoms with Gasteiger partial charge in [0.05, 0.1) is 0 Å². The summed E-state index contributed by atoms with van der Waals surface area (Å²) in [7, 11) is 1.75. The zero-order chi connectivity index (χ0) is 13.9. The van der Waals surface area contributed by atoms with Crippen molar-refractivity contribution in [3.63, 3.8) is 0 Å². The average molecular weight is 273 g/mol. The molecule has 0 unspecified atom stereocenters. The summed E-state index contributed by atoms with van der Waals surface area (Å²) in [6, 6.07) is 0.901. The molecule has 0 aromatic carbocycles. The van der Waals surface area contributed by atoms with Gasteiger partial charge in [-0.15, -0.1) is 0 Å². The number of nitrogens with zero attached hydrogens (tertiary/aromatic N) is 3. The van der Waals surface area contributed by atoms with Crippen molar-refractivity contribution in [3.8, 4) is 0 Å². The van der Waals surface area contributed by atoms with Crippen LogP contribution >= 0.6 is 0 Å². The number of rotatable bonds is 3. The molecule has 0 atom stereocenters. The molecule has 0 N–H and O–H groups in total. The van der Waals surface area contributed by atoms with Gasteiger partial charge in [-0.05, 0) is 24.8 Å². The van der Waals surface area contributed by atoms with E-state index >= 15 is 0 Å². The lowest BCUT2D eigenvalue weighted by atomic mass is 9.89. The molecule has 0 amide bonds. The van der Waals surface area contributed by atoms with Gasteiger partial charge in [-0.25, -0.2) is 9.97 Å². The molecule has 0 radical (unpaired) electrons. The Bertz CT molecular complexity index is 414. The molecule has 19 heavy (non-hydrogen) atoms. The van der Waals surface area contributed by atoms with Crippen LogP contribution in [0.2, 0.25) is 0 Å². The summed E-state index contributed by atoms with van der Waals surface area (Å²) in [5, 5.41) is 0. The van der Waals surface area contributed by atoms with E-state index < -0.39 is 11.9 Å². The summed E-state index contributed by atoms with van der Waals surface area (Å²) in [4.78, 5) is 9.26. The van der Waals surface area contributed by atoms with E-state index in [0.29, 0.717) is 5.92 Å². The Labute approximate surface area is 110 Å². The molecule has 1 heterocycles. The second-order valence-corrected chi connectivity index (χ2v) is 5.12. The van der Waals surface area contributed by atoms with Crippen molar-refractivity contribution < 1.29 is 13.2 Å². The third-order valence-electron chi connectivity index (χ3n) is 3.53. The maximum absolute atomic E-state index is 12.6. The Balaban J connectivity index is 2.04. The van der Waals surface area contributed by atoms with Crippen LogP contribution in [0.4, 0.5) is 19.1 Å². The highest BCUT2D eigenvalue weighted by atomic mass is 19.4. The lowest BCUT2D eigenvalue weighted by molar-refractivity contribution is -0.141. The van der Waals surface area contributed by atoms with Crippen molar-refractivity contribution in [3.05, 3.63) is 18.0 Å². The van der Waals surface area contributed by atoms with Crippen molar-refractivity contribution in [1.29, 1.82) is 0 Å². The molecule has 6 heteroatoms. The van der Waals surface area contributed by atoms with Gasteiger partial charge < -0.3 is 4.90 Å². The van der Waals surface area contributed by atoms with Crippen LogP contribution in [-0.4, -0.2) is 23.6 Å². The van der Waals surface area contributed by atoms with Crippen molar-refractivity contribution in [2.24, 2.45) is 5.92 Å². The predicted octanol–water partition coefficient (Wildman–Crippen LogP) is 3.51. The highest BCUT2D eigenvalue weighted by molar-refractivity contribution is 5.29. The van der Waals surface area contributed by atoms with Crippen LogP contribution in [0.15, 0.2) is 12.3 Å². The molecule has 0 spiro atoms. The monoisotopic (exact) mass is 273 g/mol. The predicted molar refractivity (Wildman–Crippen MR) is 66.9 cm³/mol. The minimum atomic E-state index is -4.41. The van der Waals surface area contributed by atoms with E-state index in [4.69, 9.17) is 0 Å². The number of aromatic nitrogens is 2. The van der Waals surface area contributed by atoms with Gasteiger partial charge >= 0.3 is 6.18 Å². The van der Waals surface area contributed by atoms with Gasteiger partial charge in [0.25, 0.3) is 0 Å². The quantitative estimate of drug-likeness (QED) is 0.844. The summed E-state index contributed by atoms with van der Waals surface area (Å²) in [5.74, 6) is 0.692. The summed E-state index contributed by atoms with van der Waals surface area (Å²) in [6.45, 7) is 0.724. The van der Waals surface area contributed by atoms with E-state index in [1.165, 1.54) is 25.5 Å². The van der Waals surface area contributed by atoms with Crippen molar-refractivity contribution in [2.75, 3.05) is 18.5 Å². The minimum absolute atomic E-state index is 0.153. The zero-order valence-electron chi connectivity index (χ0n) is 11.0. The lowest BCUT2D eigenvalue weighted by Crippen LogP contribution is -2.28. The Morgan fingerprint density at radius 1 is 1.26 bits per heavy atom. The van der Waals surface area contributed by atoms with Crippen LogP contribution in [0.5, 0.6) is 0 Å². The maximum Gasteiger partial charge on any atom is 0.433 e. The SMILES string of the molecule is CN(CC1CCCCC1)c1nccc(C(F)(F)F)n1. The number of alkyl halides is 3. The van der Waals surface area contributed by atoms with Gasteiger partial charge in [0.1, 0.15) is 5.69 Å². The summed E-state index contributed by atoms with van der Waals surface area (Å²) >= 11 is 0. The van der Waals surface area contributed by atoms with Crippen LogP contribution in [0.1, 0.15) is 37.8 Å². The number of anilines is 1. The zero-order valence-corrected chi connectivity index (χ0v) is 11.0. The molecule has 1 aromatic rings. The summed E-state index contributed by atoms with van der Waals surface area (Å²) < 4.78 is 37.7. The fourth-order valence-corrected chi connectivity index (χ4v) is 2.53. The molecule has 0 bridgehead atoms. The molecule has 3 nitrogen and oxygen atoms in total. The fraction of sp³-hybridized carbons (Fsp3) is 0.692. The first-order chi connectivity index (χ1) is 8.97. The summed E-state index contributed by atoms with van der Waals surface area (Å²) in [6.07, 6.45) is 2.72. The van der Waals surface area contributed by atoms with Crippen molar-refractivity contribution in [2.45, 2.75) is 38.3 Å². The second-order valence-electron chi connectivity index (χ2n) is 5.12. The Morgan fingerprint density at radius 2 is 1.95 bits per heavy atom.